The van der Waals surface area contributed by atoms with Crippen LogP contribution in [0.4, 0.5) is 10.3 Å². The predicted molar refractivity (Wildman–Crippen MR) is 105 cm³/mol. The Labute approximate surface area is 166 Å². The van der Waals surface area contributed by atoms with Gasteiger partial charge in [0.2, 0.25) is 5.95 Å². The van der Waals surface area contributed by atoms with E-state index in [9.17, 15) is 9.65 Å². The second-order valence-electron chi connectivity index (χ2n) is 6.25. The molecule has 0 aliphatic carbocycles. The Hall–Kier alpha value is -2.89. The van der Waals surface area contributed by atoms with Crippen LogP contribution in [-0.4, -0.2) is 41.1 Å². The summed E-state index contributed by atoms with van der Waals surface area (Å²) in [6.45, 7) is 2.65. The minimum absolute atomic E-state index is 0.315. The van der Waals surface area contributed by atoms with Crippen LogP contribution in [0.3, 0.4) is 0 Å². The Morgan fingerprint density at radius 1 is 1.11 bits per heavy atom. The number of morpholine rings is 1. The molecule has 4 rings (SSSR count). The first-order valence-electron chi connectivity index (χ1n) is 8.91. The van der Waals surface area contributed by atoms with Gasteiger partial charge in [0.25, 0.3) is 0 Å². The van der Waals surface area contributed by atoms with Gasteiger partial charge in [-0.05, 0) is 29.8 Å². The van der Waals surface area contributed by atoms with Crippen molar-refractivity contribution < 1.29 is 9.13 Å². The van der Waals surface area contributed by atoms with Gasteiger partial charge in [-0.1, -0.05) is 36.0 Å². The molecule has 3 aromatic rings. The summed E-state index contributed by atoms with van der Waals surface area (Å²) >= 11 is 1.47. The van der Waals surface area contributed by atoms with Gasteiger partial charge in [-0.25, -0.2) is 4.39 Å². The average Bonchev–Trinajstić information content (AvgIpc) is 3.17. The van der Waals surface area contributed by atoms with E-state index >= 15 is 0 Å². The van der Waals surface area contributed by atoms with Crippen molar-refractivity contribution in [3.63, 3.8) is 0 Å². The van der Waals surface area contributed by atoms with Crippen LogP contribution in [0.15, 0.2) is 53.7 Å². The number of halogens is 1. The maximum absolute atomic E-state index is 13.9. The van der Waals surface area contributed by atoms with Gasteiger partial charge in [-0.15, -0.1) is 10.2 Å². The molecule has 0 amide bonds. The Morgan fingerprint density at radius 2 is 1.93 bits per heavy atom. The predicted octanol–water partition coefficient (Wildman–Crippen LogP) is 3.41. The SMILES string of the molecule is N#Cc1ccccc1CSc1nnc(N2CCOCC2)n1-c1cccc(F)c1. The maximum atomic E-state index is 13.9. The van der Waals surface area contributed by atoms with E-state index in [2.05, 4.69) is 21.2 Å². The molecular formula is C20H18FN5OS. The van der Waals surface area contributed by atoms with Crippen molar-refractivity contribution >= 4 is 17.7 Å². The first kappa shape index (κ1) is 18.5. The molecule has 0 N–H and O–H groups in total. The molecule has 0 atom stereocenters. The molecule has 8 heteroatoms. The lowest BCUT2D eigenvalue weighted by Gasteiger charge is -2.27. The molecular weight excluding hydrogens is 377 g/mol. The molecule has 142 valence electrons. The number of hydrogen-bond acceptors (Lipinski definition) is 6. The molecule has 0 saturated carbocycles. The summed E-state index contributed by atoms with van der Waals surface area (Å²) in [5.41, 5.74) is 2.24. The van der Waals surface area contributed by atoms with Crippen molar-refractivity contribution in [3.8, 4) is 11.8 Å². The van der Waals surface area contributed by atoms with Crippen LogP contribution in [0.25, 0.3) is 5.69 Å². The van der Waals surface area contributed by atoms with Gasteiger partial charge in [0, 0.05) is 18.8 Å². The Bertz CT molecular complexity index is 1010. The van der Waals surface area contributed by atoms with Crippen molar-refractivity contribution in [2.45, 2.75) is 10.9 Å². The first-order valence-corrected chi connectivity index (χ1v) is 9.89. The lowest BCUT2D eigenvalue weighted by Crippen LogP contribution is -2.37. The number of ether oxygens (including phenoxy) is 1. The van der Waals surface area contributed by atoms with Crippen LogP contribution in [0.2, 0.25) is 0 Å². The fourth-order valence-corrected chi connectivity index (χ4v) is 4.01. The number of nitrogens with zero attached hydrogens (tertiary/aromatic N) is 5. The largest absolute Gasteiger partial charge is 0.378 e. The number of anilines is 1. The van der Waals surface area contributed by atoms with Crippen LogP contribution in [0.5, 0.6) is 0 Å². The highest BCUT2D eigenvalue weighted by Crippen LogP contribution is 2.30. The number of benzene rings is 2. The van der Waals surface area contributed by atoms with Crippen LogP contribution >= 0.6 is 11.8 Å². The van der Waals surface area contributed by atoms with E-state index in [4.69, 9.17) is 4.74 Å². The third-order valence-corrected chi connectivity index (χ3v) is 5.45. The summed E-state index contributed by atoms with van der Waals surface area (Å²) in [6, 6.07) is 16.1. The Kier molecular flexibility index (Phi) is 5.55. The van der Waals surface area contributed by atoms with Crippen LogP contribution in [0, 0.1) is 17.1 Å². The zero-order valence-corrected chi connectivity index (χ0v) is 15.9. The third-order valence-electron chi connectivity index (χ3n) is 4.47. The zero-order chi connectivity index (χ0) is 19.3. The smallest absolute Gasteiger partial charge is 0.232 e. The monoisotopic (exact) mass is 395 g/mol. The topological polar surface area (TPSA) is 67.0 Å². The van der Waals surface area contributed by atoms with Gasteiger partial charge >= 0.3 is 0 Å². The number of nitriles is 1. The standard InChI is InChI=1S/C20H18FN5OS/c21-17-6-3-7-18(12-17)26-19(25-8-10-27-11-9-25)23-24-20(26)28-14-16-5-2-1-4-15(16)13-22/h1-7,12H,8-11,14H2. The molecule has 0 bridgehead atoms. The third kappa shape index (κ3) is 3.86. The average molecular weight is 395 g/mol. The molecule has 0 unspecified atom stereocenters. The van der Waals surface area contributed by atoms with E-state index in [-0.39, 0.29) is 5.82 Å². The number of aromatic nitrogens is 3. The van der Waals surface area contributed by atoms with Crippen LogP contribution in [0.1, 0.15) is 11.1 Å². The van der Waals surface area contributed by atoms with E-state index in [1.807, 2.05) is 28.8 Å². The summed E-state index contributed by atoms with van der Waals surface area (Å²) in [6.07, 6.45) is 0. The van der Waals surface area contributed by atoms with Crippen LogP contribution < -0.4 is 4.90 Å². The lowest BCUT2D eigenvalue weighted by molar-refractivity contribution is 0.122. The molecule has 1 aliphatic heterocycles. The molecule has 28 heavy (non-hydrogen) atoms. The second-order valence-corrected chi connectivity index (χ2v) is 7.20. The summed E-state index contributed by atoms with van der Waals surface area (Å²) < 4.78 is 21.2. The zero-order valence-electron chi connectivity index (χ0n) is 15.1. The molecule has 1 aliphatic rings. The molecule has 6 nitrogen and oxygen atoms in total. The fraction of sp³-hybridized carbons (Fsp3) is 0.250. The maximum Gasteiger partial charge on any atom is 0.232 e. The van der Waals surface area contributed by atoms with Crippen molar-refractivity contribution in [1.29, 1.82) is 5.26 Å². The van der Waals surface area contributed by atoms with E-state index < -0.39 is 0 Å². The molecule has 0 spiro atoms. The molecule has 1 saturated heterocycles. The van der Waals surface area contributed by atoms with Gasteiger partial charge < -0.3 is 9.64 Å². The second kappa shape index (κ2) is 8.42. The summed E-state index contributed by atoms with van der Waals surface area (Å²) in [4.78, 5) is 2.09. The van der Waals surface area contributed by atoms with Crippen molar-refractivity contribution in [2.24, 2.45) is 0 Å². The van der Waals surface area contributed by atoms with Gasteiger partial charge in [-0.2, -0.15) is 5.26 Å². The molecule has 2 aromatic carbocycles. The van der Waals surface area contributed by atoms with Crippen molar-refractivity contribution in [2.75, 3.05) is 31.2 Å². The van der Waals surface area contributed by atoms with Crippen molar-refractivity contribution in [1.82, 2.24) is 14.8 Å². The highest BCUT2D eigenvalue weighted by Gasteiger charge is 2.22. The Morgan fingerprint density at radius 3 is 2.71 bits per heavy atom. The van der Waals surface area contributed by atoms with E-state index in [0.29, 0.717) is 54.4 Å². The molecule has 1 aromatic heterocycles. The first-order chi connectivity index (χ1) is 13.8. The summed E-state index contributed by atoms with van der Waals surface area (Å²) in [5.74, 6) is 0.926. The fourth-order valence-electron chi connectivity index (χ4n) is 3.06. The minimum atomic E-state index is -0.315. The van der Waals surface area contributed by atoms with E-state index in [0.717, 1.165) is 5.56 Å². The number of hydrogen-bond donors (Lipinski definition) is 0. The Balaban J connectivity index is 1.68. The van der Waals surface area contributed by atoms with Gasteiger partial charge in [-0.3, -0.25) is 4.57 Å². The highest BCUT2D eigenvalue weighted by molar-refractivity contribution is 7.98. The van der Waals surface area contributed by atoms with Gasteiger partial charge in [0.1, 0.15) is 5.82 Å². The molecule has 2 heterocycles. The van der Waals surface area contributed by atoms with Crippen LogP contribution in [-0.2, 0) is 10.5 Å². The molecule has 0 radical (unpaired) electrons. The lowest BCUT2D eigenvalue weighted by atomic mass is 10.1. The quantitative estimate of drug-likeness (QED) is 0.617. The van der Waals surface area contributed by atoms with E-state index in [1.54, 1.807) is 12.1 Å². The molecule has 1 fully saturated rings. The van der Waals surface area contributed by atoms with Gasteiger partial charge in [0.15, 0.2) is 5.16 Å². The van der Waals surface area contributed by atoms with E-state index in [1.165, 1.54) is 23.9 Å². The summed E-state index contributed by atoms with van der Waals surface area (Å²) in [5, 5.41) is 18.7. The minimum Gasteiger partial charge on any atom is -0.378 e. The van der Waals surface area contributed by atoms with Gasteiger partial charge in [0.05, 0.1) is 30.5 Å². The highest BCUT2D eigenvalue weighted by atomic mass is 32.2. The number of rotatable bonds is 5. The normalized spacial score (nSPS) is 14.1. The van der Waals surface area contributed by atoms with Crippen molar-refractivity contribution in [3.05, 3.63) is 65.5 Å². The summed E-state index contributed by atoms with van der Waals surface area (Å²) in [7, 11) is 0. The number of thioether (sulfide) groups is 1.